The van der Waals surface area contributed by atoms with Crippen LogP contribution >= 0.6 is 0 Å². The fourth-order valence-electron chi connectivity index (χ4n) is 1.04. The van der Waals surface area contributed by atoms with Crippen molar-refractivity contribution < 1.29 is 9.47 Å². The highest BCUT2D eigenvalue weighted by molar-refractivity contribution is 4.72. The maximum absolute atomic E-state index is 5.66. The van der Waals surface area contributed by atoms with E-state index >= 15 is 0 Å². The molecule has 17 heavy (non-hydrogen) atoms. The van der Waals surface area contributed by atoms with Gasteiger partial charge in [-0.25, -0.2) is 0 Å². The van der Waals surface area contributed by atoms with Crippen molar-refractivity contribution >= 4 is 0 Å². The molecule has 0 unspecified atom stereocenters. The number of hydrogen-bond acceptors (Lipinski definition) is 4. The SMILES string of the molecule is CC.CC(C)(CN)OCCC(C)(C)OCCN. The molecule has 0 aromatic carbocycles. The molecule has 0 fully saturated rings. The molecule has 106 valence electrons. The van der Waals surface area contributed by atoms with Crippen LogP contribution in [0.2, 0.25) is 0 Å². The van der Waals surface area contributed by atoms with Crippen LogP contribution in [0, 0.1) is 0 Å². The van der Waals surface area contributed by atoms with Crippen LogP contribution in [0.15, 0.2) is 0 Å². The van der Waals surface area contributed by atoms with Crippen LogP contribution in [0.3, 0.4) is 0 Å². The van der Waals surface area contributed by atoms with E-state index in [9.17, 15) is 0 Å². The van der Waals surface area contributed by atoms with Gasteiger partial charge >= 0.3 is 0 Å². The lowest BCUT2D eigenvalue weighted by atomic mass is 10.1. The molecule has 0 atom stereocenters. The van der Waals surface area contributed by atoms with Crippen LogP contribution in [0.1, 0.15) is 48.0 Å². The summed E-state index contributed by atoms with van der Waals surface area (Å²) in [5, 5.41) is 0. The third-order valence-electron chi connectivity index (χ3n) is 2.30. The highest BCUT2D eigenvalue weighted by Crippen LogP contribution is 2.16. The molecule has 0 spiro atoms. The molecule has 0 aliphatic rings. The Morgan fingerprint density at radius 3 is 1.71 bits per heavy atom. The van der Waals surface area contributed by atoms with Crippen molar-refractivity contribution in [1.82, 2.24) is 0 Å². The second-order valence-corrected chi connectivity index (χ2v) is 4.96. The first-order valence-electron chi connectivity index (χ1n) is 6.51. The summed E-state index contributed by atoms with van der Waals surface area (Å²) >= 11 is 0. The van der Waals surface area contributed by atoms with Gasteiger partial charge < -0.3 is 20.9 Å². The maximum Gasteiger partial charge on any atom is 0.0748 e. The topological polar surface area (TPSA) is 70.5 Å². The Hall–Kier alpha value is -0.160. The van der Waals surface area contributed by atoms with E-state index < -0.39 is 0 Å². The summed E-state index contributed by atoms with van der Waals surface area (Å²) in [4.78, 5) is 0. The lowest BCUT2D eigenvalue weighted by Crippen LogP contribution is -2.36. The van der Waals surface area contributed by atoms with Crippen molar-refractivity contribution in [3.63, 3.8) is 0 Å². The summed E-state index contributed by atoms with van der Waals surface area (Å²) in [5.41, 5.74) is 10.5. The van der Waals surface area contributed by atoms with Gasteiger partial charge in [-0.1, -0.05) is 13.8 Å². The molecule has 0 aliphatic carbocycles. The molecule has 0 bridgehead atoms. The molecule has 0 saturated carbocycles. The van der Waals surface area contributed by atoms with Gasteiger partial charge in [0, 0.05) is 13.1 Å². The van der Waals surface area contributed by atoms with Gasteiger partial charge in [0.1, 0.15) is 0 Å². The quantitative estimate of drug-likeness (QED) is 0.688. The van der Waals surface area contributed by atoms with Gasteiger partial charge in [0.25, 0.3) is 0 Å². The van der Waals surface area contributed by atoms with Gasteiger partial charge in [0.05, 0.1) is 24.4 Å². The molecule has 0 aromatic rings. The highest BCUT2D eigenvalue weighted by atomic mass is 16.5. The first-order valence-corrected chi connectivity index (χ1v) is 6.51. The van der Waals surface area contributed by atoms with Gasteiger partial charge in [0.15, 0.2) is 0 Å². The number of rotatable bonds is 8. The van der Waals surface area contributed by atoms with Crippen LogP contribution in [0.4, 0.5) is 0 Å². The average molecular weight is 248 g/mol. The van der Waals surface area contributed by atoms with E-state index in [0.29, 0.717) is 26.3 Å². The molecule has 0 rings (SSSR count). The van der Waals surface area contributed by atoms with Gasteiger partial charge in [-0.2, -0.15) is 0 Å². The maximum atomic E-state index is 5.66. The molecule has 0 amide bonds. The summed E-state index contributed by atoms with van der Waals surface area (Å²) in [6.07, 6.45) is 0.844. The van der Waals surface area contributed by atoms with Crippen LogP contribution in [0.25, 0.3) is 0 Å². The van der Waals surface area contributed by atoms with Crippen molar-refractivity contribution in [1.29, 1.82) is 0 Å². The van der Waals surface area contributed by atoms with E-state index in [1.807, 2.05) is 41.5 Å². The molecule has 0 heterocycles. The highest BCUT2D eigenvalue weighted by Gasteiger charge is 2.21. The van der Waals surface area contributed by atoms with E-state index in [-0.39, 0.29) is 11.2 Å². The molecule has 4 heteroatoms. The zero-order valence-corrected chi connectivity index (χ0v) is 12.5. The van der Waals surface area contributed by atoms with Crippen molar-refractivity contribution in [3.05, 3.63) is 0 Å². The van der Waals surface area contributed by atoms with E-state index in [1.165, 1.54) is 0 Å². The normalized spacial score (nSPS) is 12.0. The lowest BCUT2D eigenvalue weighted by molar-refractivity contribution is -0.0670. The smallest absolute Gasteiger partial charge is 0.0748 e. The zero-order valence-electron chi connectivity index (χ0n) is 12.5. The van der Waals surface area contributed by atoms with Crippen LogP contribution < -0.4 is 11.5 Å². The van der Waals surface area contributed by atoms with Gasteiger partial charge in [-0.3, -0.25) is 0 Å². The lowest BCUT2D eigenvalue weighted by Gasteiger charge is -2.28. The van der Waals surface area contributed by atoms with Crippen LogP contribution in [0.5, 0.6) is 0 Å². The van der Waals surface area contributed by atoms with E-state index in [1.54, 1.807) is 0 Å². The first kappa shape index (κ1) is 19.2. The third kappa shape index (κ3) is 12.1. The van der Waals surface area contributed by atoms with E-state index in [4.69, 9.17) is 20.9 Å². The molecule has 0 radical (unpaired) electrons. The molecule has 0 aliphatic heterocycles. The Balaban J connectivity index is 0. The summed E-state index contributed by atoms with van der Waals surface area (Å²) < 4.78 is 11.2. The van der Waals surface area contributed by atoms with Gasteiger partial charge in [-0.15, -0.1) is 0 Å². The van der Waals surface area contributed by atoms with E-state index in [0.717, 1.165) is 6.42 Å². The predicted molar refractivity (Wildman–Crippen MR) is 74.1 cm³/mol. The van der Waals surface area contributed by atoms with Gasteiger partial charge in [-0.05, 0) is 34.1 Å². The minimum Gasteiger partial charge on any atom is -0.374 e. The largest absolute Gasteiger partial charge is 0.374 e. The Morgan fingerprint density at radius 2 is 1.29 bits per heavy atom. The Kier molecular flexibility index (Phi) is 11.1. The second kappa shape index (κ2) is 9.83. The number of nitrogens with two attached hydrogens (primary N) is 2. The predicted octanol–water partition coefficient (Wildman–Crippen LogP) is 1.91. The Morgan fingerprint density at radius 1 is 0.824 bits per heavy atom. The molecular formula is C13H32N2O2. The molecule has 4 N–H and O–H groups in total. The second-order valence-electron chi connectivity index (χ2n) is 4.96. The zero-order chi connectivity index (χ0) is 13.9. The third-order valence-corrected chi connectivity index (χ3v) is 2.30. The Bertz CT molecular complexity index is 171. The number of ether oxygens (including phenoxy) is 2. The van der Waals surface area contributed by atoms with Crippen molar-refractivity contribution in [2.24, 2.45) is 11.5 Å². The minimum absolute atomic E-state index is 0.177. The summed E-state index contributed by atoms with van der Waals surface area (Å²) in [5.74, 6) is 0. The molecular weight excluding hydrogens is 216 g/mol. The minimum atomic E-state index is -0.246. The van der Waals surface area contributed by atoms with Crippen molar-refractivity contribution in [3.8, 4) is 0 Å². The standard InChI is InChI=1S/C11H26N2O2.C2H6/c1-10(2,15-8-6-12)5-7-14-11(3,4)9-13;1-2/h5-9,12-13H2,1-4H3;1-2H3. The van der Waals surface area contributed by atoms with Crippen LogP contribution in [-0.4, -0.2) is 37.5 Å². The summed E-state index contributed by atoms with van der Waals surface area (Å²) in [6.45, 7) is 14.4. The molecule has 4 nitrogen and oxygen atoms in total. The number of hydrogen-bond donors (Lipinski definition) is 2. The Labute approximate surface area is 107 Å². The molecule has 0 saturated heterocycles. The first-order chi connectivity index (χ1) is 7.83. The van der Waals surface area contributed by atoms with Crippen molar-refractivity contribution in [2.45, 2.75) is 59.2 Å². The average Bonchev–Trinajstić information content (AvgIpc) is 2.29. The fourth-order valence-corrected chi connectivity index (χ4v) is 1.04. The summed E-state index contributed by atoms with van der Waals surface area (Å²) in [6, 6.07) is 0. The molecule has 0 aromatic heterocycles. The van der Waals surface area contributed by atoms with Crippen molar-refractivity contribution in [2.75, 3.05) is 26.3 Å². The van der Waals surface area contributed by atoms with Gasteiger partial charge in [0.2, 0.25) is 0 Å². The van der Waals surface area contributed by atoms with Crippen LogP contribution in [-0.2, 0) is 9.47 Å². The monoisotopic (exact) mass is 248 g/mol. The summed E-state index contributed by atoms with van der Waals surface area (Å²) in [7, 11) is 0. The fraction of sp³-hybridized carbons (Fsp3) is 1.00. The van der Waals surface area contributed by atoms with E-state index in [2.05, 4.69) is 0 Å².